The molecule has 0 spiro atoms. The summed E-state index contributed by atoms with van der Waals surface area (Å²) in [6.45, 7) is 9.67. The van der Waals surface area contributed by atoms with Crippen LogP contribution in [0.1, 0.15) is 31.0 Å². The summed E-state index contributed by atoms with van der Waals surface area (Å²) in [5.74, 6) is 0.0867. The molecular weight excluding hydrogens is 566 g/mol. The highest BCUT2D eigenvalue weighted by Gasteiger charge is 2.63. The molecule has 0 saturated carbocycles. The first-order chi connectivity index (χ1) is 17.0. The van der Waals surface area contributed by atoms with Crippen LogP contribution in [0.4, 0.5) is 0 Å². The highest BCUT2D eigenvalue weighted by atomic mass is 79.9. The number of piperazine rings is 3. The predicted molar refractivity (Wildman–Crippen MR) is 132 cm³/mol. The molecule has 4 atom stereocenters. The Balaban J connectivity index is 0.00000240. The molecule has 6 fully saturated rings. The Hall–Kier alpha value is -1.30. The van der Waals surface area contributed by atoms with E-state index in [0.29, 0.717) is 16.6 Å². The number of fused-ring (bicyclic) bond motifs is 6. The Kier molecular flexibility index (Phi) is 6.57. The number of nitrogens with zero attached hydrogens (tertiary/aromatic N) is 5. The fourth-order valence-electron chi connectivity index (χ4n) is 7.46. The van der Waals surface area contributed by atoms with Gasteiger partial charge in [0.15, 0.2) is 5.76 Å². The number of thiophene rings is 1. The summed E-state index contributed by atoms with van der Waals surface area (Å²) in [4.78, 5) is 34.7. The van der Waals surface area contributed by atoms with E-state index < -0.39 is 0 Å². The normalized spacial score (nSPS) is 35.4. The lowest BCUT2D eigenvalue weighted by Gasteiger charge is -2.50. The van der Waals surface area contributed by atoms with Crippen LogP contribution < -0.4 is 17.0 Å². The molecule has 6 aliphatic rings. The fraction of sp³-hybridized carbons (Fsp3) is 0.640. The van der Waals surface area contributed by atoms with Crippen LogP contribution in [0.3, 0.4) is 0 Å². The molecule has 0 unspecified atom stereocenters. The van der Waals surface area contributed by atoms with Gasteiger partial charge in [-0.05, 0) is 31.5 Å². The average molecular weight is 597 g/mol. The van der Waals surface area contributed by atoms with E-state index in [4.69, 9.17) is 16.1 Å². The molecule has 36 heavy (non-hydrogen) atoms. The SMILES string of the molecule is O=C1[C@@H]2[C@H](C(=O)N1CCC[N+]13CCN(CC1)CC3)[C@H](c1cc(-c3ccc(Cl)s3)on1)N1CCC[C@@H]21.[Br-]. The maximum Gasteiger partial charge on any atom is 0.235 e. The molecule has 0 radical (unpaired) electrons. The lowest BCUT2D eigenvalue weighted by molar-refractivity contribution is -0.941. The second-order valence-electron chi connectivity index (χ2n) is 10.9. The number of hydrogen-bond donors (Lipinski definition) is 0. The summed E-state index contributed by atoms with van der Waals surface area (Å²) >= 11 is 7.56. The van der Waals surface area contributed by atoms with Crippen LogP contribution in [0.2, 0.25) is 4.34 Å². The van der Waals surface area contributed by atoms with Gasteiger partial charge in [0.2, 0.25) is 11.8 Å². The van der Waals surface area contributed by atoms with Gasteiger partial charge in [0.1, 0.15) is 5.69 Å². The van der Waals surface area contributed by atoms with E-state index in [-0.39, 0.29) is 52.7 Å². The number of quaternary nitrogens is 1. The van der Waals surface area contributed by atoms with Crippen LogP contribution in [-0.4, -0.2) is 101 Å². The highest BCUT2D eigenvalue weighted by molar-refractivity contribution is 7.19. The van der Waals surface area contributed by atoms with Gasteiger partial charge in [-0.15, -0.1) is 11.3 Å². The molecule has 0 aliphatic carbocycles. The molecule has 0 aromatic carbocycles. The van der Waals surface area contributed by atoms with Crippen LogP contribution in [-0.2, 0) is 9.59 Å². The van der Waals surface area contributed by atoms with Crippen LogP contribution in [0, 0.1) is 11.8 Å². The van der Waals surface area contributed by atoms with Crippen molar-refractivity contribution in [1.29, 1.82) is 0 Å². The van der Waals surface area contributed by atoms with Crippen molar-refractivity contribution < 1.29 is 35.6 Å². The Morgan fingerprint density at radius 1 is 1.08 bits per heavy atom. The number of rotatable bonds is 6. The Morgan fingerprint density at radius 3 is 2.56 bits per heavy atom. The van der Waals surface area contributed by atoms with E-state index in [2.05, 4.69) is 15.0 Å². The molecule has 11 heteroatoms. The molecule has 6 aliphatic heterocycles. The molecular formula is C25H31BrClN5O3S. The second kappa shape index (κ2) is 9.47. The number of amides is 2. The van der Waals surface area contributed by atoms with Gasteiger partial charge in [0.25, 0.3) is 0 Å². The van der Waals surface area contributed by atoms with E-state index in [0.717, 1.165) is 47.4 Å². The molecule has 2 bridgehead atoms. The number of halogens is 2. The molecule has 8 heterocycles. The zero-order valence-corrected chi connectivity index (χ0v) is 23.3. The Morgan fingerprint density at radius 2 is 1.83 bits per heavy atom. The zero-order valence-electron chi connectivity index (χ0n) is 20.2. The Labute approximate surface area is 230 Å². The number of carbonyl (C=O) groups is 2. The third kappa shape index (κ3) is 3.91. The number of imide groups is 1. The average Bonchev–Trinajstić information content (AvgIpc) is 3.67. The highest BCUT2D eigenvalue weighted by Crippen LogP contribution is 2.53. The topological polar surface area (TPSA) is 69.9 Å². The van der Waals surface area contributed by atoms with E-state index in [9.17, 15) is 9.59 Å². The number of likely N-dealkylation sites (tertiary alicyclic amines) is 1. The standard InChI is InChI=1S/C25H31ClN5O3S.BrH/c26-20-5-4-19(35-20)18-15-16(27-34-18)23-22-21(17-3-1-6-29(17)23)24(32)30(25(22)33)7-2-11-31-12-8-28(9-13-31)10-14-31;/h4-5,15,17,21-23H,1-3,6-14H2;1H/q+1;/p-1/t17-,21-,22-,23-;/m0./s1. The summed E-state index contributed by atoms with van der Waals surface area (Å²) in [7, 11) is 0. The molecule has 8 nitrogen and oxygen atoms in total. The summed E-state index contributed by atoms with van der Waals surface area (Å²) < 4.78 is 7.54. The maximum atomic E-state index is 13.7. The summed E-state index contributed by atoms with van der Waals surface area (Å²) in [5.41, 5.74) is 0.761. The lowest BCUT2D eigenvalue weighted by atomic mass is 9.86. The van der Waals surface area contributed by atoms with Gasteiger partial charge in [-0.25, -0.2) is 0 Å². The van der Waals surface area contributed by atoms with Crippen molar-refractivity contribution in [2.75, 3.05) is 58.9 Å². The number of carbonyl (C=O) groups excluding carboxylic acids is 2. The van der Waals surface area contributed by atoms with Crippen LogP contribution in [0.25, 0.3) is 10.6 Å². The second-order valence-corrected chi connectivity index (χ2v) is 12.6. The predicted octanol–water partition coefficient (Wildman–Crippen LogP) is -0.283. The zero-order chi connectivity index (χ0) is 23.7. The maximum absolute atomic E-state index is 13.7. The minimum absolute atomic E-state index is 0. The van der Waals surface area contributed by atoms with Crippen molar-refractivity contribution in [2.45, 2.75) is 31.3 Å². The van der Waals surface area contributed by atoms with Gasteiger partial charge in [-0.1, -0.05) is 16.8 Å². The van der Waals surface area contributed by atoms with Gasteiger partial charge >= 0.3 is 0 Å². The molecule has 6 saturated heterocycles. The fourth-order valence-corrected chi connectivity index (χ4v) is 8.45. The molecule has 0 N–H and O–H groups in total. The van der Waals surface area contributed by atoms with Crippen molar-refractivity contribution in [3.8, 4) is 10.6 Å². The van der Waals surface area contributed by atoms with Gasteiger partial charge in [-0.2, -0.15) is 0 Å². The smallest absolute Gasteiger partial charge is 0.235 e. The largest absolute Gasteiger partial charge is 1.00 e. The lowest BCUT2D eigenvalue weighted by Crippen LogP contribution is -3.00. The van der Waals surface area contributed by atoms with Gasteiger partial charge in [0, 0.05) is 44.7 Å². The monoisotopic (exact) mass is 595 g/mol. The first kappa shape index (κ1) is 25.0. The number of aromatic nitrogens is 1. The quantitative estimate of drug-likeness (QED) is 0.338. The van der Waals surface area contributed by atoms with Crippen molar-refractivity contribution in [3.63, 3.8) is 0 Å². The summed E-state index contributed by atoms with van der Waals surface area (Å²) in [6.07, 6.45) is 2.91. The van der Waals surface area contributed by atoms with E-state index in [1.165, 1.54) is 50.6 Å². The molecule has 2 aromatic heterocycles. The third-order valence-electron chi connectivity index (χ3n) is 9.28. The third-order valence-corrected chi connectivity index (χ3v) is 10.5. The molecule has 8 rings (SSSR count). The van der Waals surface area contributed by atoms with Gasteiger partial charge in [-0.3, -0.25) is 24.3 Å². The van der Waals surface area contributed by atoms with E-state index in [1.807, 2.05) is 18.2 Å². The van der Waals surface area contributed by atoms with Gasteiger partial charge in [0.05, 0.1) is 53.3 Å². The minimum Gasteiger partial charge on any atom is -1.00 e. The van der Waals surface area contributed by atoms with Crippen LogP contribution >= 0.6 is 22.9 Å². The minimum atomic E-state index is -0.358. The molecule has 2 aromatic rings. The van der Waals surface area contributed by atoms with E-state index >= 15 is 0 Å². The van der Waals surface area contributed by atoms with Crippen molar-refractivity contribution in [1.82, 2.24) is 19.9 Å². The molecule has 2 amide bonds. The van der Waals surface area contributed by atoms with Crippen LogP contribution in [0.15, 0.2) is 22.7 Å². The Bertz CT molecular complexity index is 1150. The van der Waals surface area contributed by atoms with Crippen molar-refractivity contribution >= 4 is 34.8 Å². The van der Waals surface area contributed by atoms with Crippen molar-refractivity contribution in [3.05, 3.63) is 28.2 Å². The number of hydrogen-bond acceptors (Lipinski definition) is 7. The first-order valence-electron chi connectivity index (χ1n) is 12.9. The first-order valence-corrected chi connectivity index (χ1v) is 14.1. The summed E-state index contributed by atoms with van der Waals surface area (Å²) in [6, 6.07) is 5.64. The van der Waals surface area contributed by atoms with Gasteiger partial charge < -0.3 is 26.0 Å². The van der Waals surface area contributed by atoms with Crippen molar-refractivity contribution in [2.24, 2.45) is 11.8 Å². The molecule has 194 valence electrons. The van der Waals surface area contributed by atoms with E-state index in [1.54, 1.807) is 4.90 Å². The van der Waals surface area contributed by atoms with Crippen LogP contribution in [0.5, 0.6) is 0 Å². The summed E-state index contributed by atoms with van der Waals surface area (Å²) in [5, 5.41) is 4.40.